The van der Waals surface area contributed by atoms with Gasteiger partial charge >= 0.3 is 0 Å². The van der Waals surface area contributed by atoms with Crippen LogP contribution in [0.3, 0.4) is 0 Å². The Labute approximate surface area is 176 Å². The van der Waals surface area contributed by atoms with Crippen LogP contribution < -0.4 is 0 Å². The number of carbonyl (C=O) groups is 3. The van der Waals surface area contributed by atoms with E-state index in [1.54, 1.807) is 16.2 Å². The summed E-state index contributed by atoms with van der Waals surface area (Å²) in [6.45, 7) is 3.97. The summed E-state index contributed by atoms with van der Waals surface area (Å²) >= 11 is 1.58. The monoisotopic (exact) mass is 412 g/mol. The number of amides is 2. The van der Waals surface area contributed by atoms with Crippen molar-refractivity contribution in [3.63, 3.8) is 0 Å². The Morgan fingerprint density at radius 3 is 2.55 bits per heavy atom. The molecule has 1 saturated heterocycles. The zero-order valence-electron chi connectivity index (χ0n) is 17.0. The molecule has 2 atom stereocenters. The maximum absolute atomic E-state index is 13.5. The van der Waals surface area contributed by atoms with E-state index >= 15 is 0 Å². The molecule has 0 radical (unpaired) electrons. The van der Waals surface area contributed by atoms with Gasteiger partial charge in [0.25, 0.3) is 0 Å². The molecule has 1 aromatic heterocycles. The normalized spacial score (nSPS) is 18.2. The van der Waals surface area contributed by atoms with Crippen LogP contribution in [0.5, 0.6) is 0 Å². The van der Waals surface area contributed by atoms with E-state index in [2.05, 4.69) is 6.92 Å². The number of nitrogens with zero attached hydrogens (tertiary/aromatic N) is 2. The molecule has 0 bridgehead atoms. The highest BCUT2D eigenvalue weighted by molar-refractivity contribution is 7.09. The van der Waals surface area contributed by atoms with Crippen LogP contribution in [0.15, 0.2) is 47.8 Å². The molecule has 2 amide bonds. The summed E-state index contributed by atoms with van der Waals surface area (Å²) in [5.41, 5.74) is 1.00. The van der Waals surface area contributed by atoms with E-state index < -0.39 is 12.1 Å². The second kappa shape index (κ2) is 9.83. The summed E-state index contributed by atoms with van der Waals surface area (Å²) in [4.78, 5) is 43.2. The van der Waals surface area contributed by atoms with E-state index in [1.165, 1.54) is 11.8 Å². The lowest BCUT2D eigenvalue weighted by atomic mass is 9.97. The van der Waals surface area contributed by atoms with Gasteiger partial charge < -0.3 is 9.80 Å². The van der Waals surface area contributed by atoms with Crippen molar-refractivity contribution in [2.24, 2.45) is 0 Å². The number of thiophene rings is 1. The quantitative estimate of drug-likeness (QED) is 0.631. The van der Waals surface area contributed by atoms with Gasteiger partial charge in [0, 0.05) is 11.3 Å². The van der Waals surface area contributed by atoms with E-state index in [9.17, 15) is 14.4 Å². The van der Waals surface area contributed by atoms with Crippen LogP contribution in [0.2, 0.25) is 0 Å². The number of piperazine rings is 1. The first kappa shape index (κ1) is 21.2. The van der Waals surface area contributed by atoms with Crippen molar-refractivity contribution >= 4 is 28.9 Å². The molecule has 1 aliphatic rings. The van der Waals surface area contributed by atoms with Crippen LogP contribution >= 0.6 is 11.3 Å². The SMILES string of the molecule is CCCC[C@@H](C(C)=O)N1CC(=O)N(Cc2cccs2)[C@@H](Cc2ccccc2)C1=O. The minimum atomic E-state index is -0.593. The van der Waals surface area contributed by atoms with Crippen LogP contribution in [-0.4, -0.2) is 46.0 Å². The van der Waals surface area contributed by atoms with Crippen molar-refractivity contribution in [3.8, 4) is 0 Å². The standard InChI is InChI=1S/C23H28N2O3S/c1-3-4-12-20(17(2)26)25-16-22(27)24(15-19-11-8-13-29-19)21(23(25)28)14-18-9-6-5-7-10-18/h5-11,13,20-21H,3-4,12,14-16H2,1-2H3/t20-,21-/m0/s1. The average Bonchev–Trinajstić information content (AvgIpc) is 3.22. The molecule has 1 aromatic carbocycles. The number of hydrogen-bond donors (Lipinski definition) is 0. The maximum Gasteiger partial charge on any atom is 0.246 e. The van der Waals surface area contributed by atoms with Crippen molar-refractivity contribution in [1.29, 1.82) is 0 Å². The molecule has 5 nitrogen and oxygen atoms in total. The molecule has 154 valence electrons. The van der Waals surface area contributed by atoms with Gasteiger partial charge in [-0.25, -0.2) is 0 Å². The molecule has 2 aromatic rings. The van der Waals surface area contributed by atoms with E-state index in [4.69, 9.17) is 0 Å². The summed E-state index contributed by atoms with van der Waals surface area (Å²) in [6, 6.07) is 12.6. The third-order valence-electron chi connectivity index (χ3n) is 5.43. The van der Waals surface area contributed by atoms with Crippen molar-refractivity contribution in [2.75, 3.05) is 6.54 Å². The molecule has 29 heavy (non-hydrogen) atoms. The van der Waals surface area contributed by atoms with Gasteiger partial charge in [0.15, 0.2) is 5.78 Å². The van der Waals surface area contributed by atoms with Crippen molar-refractivity contribution in [2.45, 2.75) is 58.2 Å². The fourth-order valence-corrected chi connectivity index (χ4v) is 4.56. The minimum absolute atomic E-state index is 0.0243. The largest absolute Gasteiger partial charge is 0.324 e. The van der Waals surface area contributed by atoms with Crippen LogP contribution in [0.1, 0.15) is 43.6 Å². The molecular formula is C23H28N2O3S. The molecule has 0 aliphatic carbocycles. The zero-order chi connectivity index (χ0) is 20.8. The van der Waals surface area contributed by atoms with Crippen LogP contribution in [-0.2, 0) is 27.3 Å². The van der Waals surface area contributed by atoms with E-state index in [0.29, 0.717) is 19.4 Å². The second-order valence-electron chi connectivity index (χ2n) is 7.54. The number of hydrogen-bond acceptors (Lipinski definition) is 4. The third-order valence-corrected chi connectivity index (χ3v) is 6.29. The summed E-state index contributed by atoms with van der Waals surface area (Å²) < 4.78 is 0. The minimum Gasteiger partial charge on any atom is -0.324 e. The van der Waals surface area contributed by atoms with Crippen molar-refractivity contribution < 1.29 is 14.4 Å². The maximum atomic E-state index is 13.5. The highest BCUT2D eigenvalue weighted by Crippen LogP contribution is 2.24. The molecule has 0 N–H and O–H groups in total. The summed E-state index contributed by atoms with van der Waals surface area (Å²) in [6.07, 6.45) is 2.85. The van der Waals surface area contributed by atoms with Gasteiger partial charge in [-0.1, -0.05) is 56.2 Å². The molecule has 0 saturated carbocycles. The molecule has 0 spiro atoms. The Bertz CT molecular complexity index is 835. The number of rotatable bonds is 9. The highest BCUT2D eigenvalue weighted by atomic mass is 32.1. The van der Waals surface area contributed by atoms with Gasteiger partial charge in [-0.2, -0.15) is 0 Å². The van der Waals surface area contributed by atoms with Gasteiger partial charge in [0.1, 0.15) is 12.6 Å². The first-order valence-electron chi connectivity index (χ1n) is 10.2. The fraction of sp³-hybridized carbons (Fsp3) is 0.435. The number of carbonyl (C=O) groups excluding carboxylic acids is 3. The van der Waals surface area contributed by atoms with Gasteiger partial charge in [-0.3, -0.25) is 14.4 Å². The van der Waals surface area contributed by atoms with Gasteiger partial charge in [0.05, 0.1) is 12.6 Å². The Morgan fingerprint density at radius 2 is 1.93 bits per heavy atom. The molecule has 2 heterocycles. The molecule has 3 rings (SSSR count). The smallest absolute Gasteiger partial charge is 0.246 e. The molecule has 0 unspecified atom stereocenters. The lowest BCUT2D eigenvalue weighted by Gasteiger charge is -2.43. The lowest BCUT2D eigenvalue weighted by molar-refractivity contribution is -0.160. The Hall–Kier alpha value is -2.47. The average molecular weight is 413 g/mol. The highest BCUT2D eigenvalue weighted by Gasteiger charge is 2.42. The van der Waals surface area contributed by atoms with Crippen molar-refractivity contribution in [3.05, 3.63) is 58.3 Å². The molecule has 1 fully saturated rings. The summed E-state index contributed by atoms with van der Waals surface area (Å²) in [5, 5.41) is 1.97. The van der Waals surface area contributed by atoms with Crippen LogP contribution in [0.25, 0.3) is 0 Å². The fourth-order valence-electron chi connectivity index (χ4n) is 3.86. The lowest BCUT2D eigenvalue weighted by Crippen LogP contribution is -2.63. The van der Waals surface area contributed by atoms with E-state index in [-0.39, 0.29) is 24.1 Å². The van der Waals surface area contributed by atoms with Crippen LogP contribution in [0, 0.1) is 0 Å². The predicted octanol–water partition coefficient (Wildman–Crippen LogP) is 3.68. The molecular weight excluding hydrogens is 384 g/mol. The first-order chi connectivity index (χ1) is 14.0. The Balaban J connectivity index is 1.89. The van der Waals surface area contributed by atoms with Crippen LogP contribution in [0.4, 0.5) is 0 Å². The van der Waals surface area contributed by atoms with Gasteiger partial charge in [-0.15, -0.1) is 11.3 Å². The number of benzene rings is 1. The van der Waals surface area contributed by atoms with E-state index in [0.717, 1.165) is 23.3 Å². The molecule has 1 aliphatic heterocycles. The van der Waals surface area contributed by atoms with Crippen molar-refractivity contribution in [1.82, 2.24) is 9.80 Å². The summed E-state index contributed by atoms with van der Waals surface area (Å²) in [5.74, 6) is -0.271. The topological polar surface area (TPSA) is 57.7 Å². The first-order valence-corrected chi connectivity index (χ1v) is 11.1. The summed E-state index contributed by atoms with van der Waals surface area (Å²) in [7, 11) is 0. The number of Topliss-reactive ketones (excluding diaryl/α,β-unsaturated/α-hetero) is 1. The molecule has 6 heteroatoms. The predicted molar refractivity (Wildman–Crippen MR) is 115 cm³/mol. The second-order valence-corrected chi connectivity index (χ2v) is 8.57. The third kappa shape index (κ3) is 5.12. The van der Waals surface area contributed by atoms with E-state index in [1.807, 2.05) is 47.8 Å². The van der Waals surface area contributed by atoms with Gasteiger partial charge in [-0.05, 0) is 30.4 Å². The number of ketones is 1. The van der Waals surface area contributed by atoms with Gasteiger partial charge in [0.2, 0.25) is 11.8 Å². The number of unbranched alkanes of at least 4 members (excludes halogenated alkanes) is 1. The Kier molecular flexibility index (Phi) is 7.20. The Morgan fingerprint density at radius 1 is 1.17 bits per heavy atom. The zero-order valence-corrected chi connectivity index (χ0v) is 17.9.